The van der Waals surface area contributed by atoms with Gasteiger partial charge < -0.3 is 4.74 Å². The predicted octanol–water partition coefficient (Wildman–Crippen LogP) is 3.74. The Morgan fingerprint density at radius 1 is 1.23 bits per heavy atom. The van der Waals surface area contributed by atoms with E-state index in [4.69, 9.17) is 9.73 Å². The van der Waals surface area contributed by atoms with E-state index >= 15 is 0 Å². The summed E-state index contributed by atoms with van der Waals surface area (Å²) in [4.78, 5) is 16.8. The Kier molecular flexibility index (Phi) is 4.29. The molecule has 0 atom stereocenters. The van der Waals surface area contributed by atoms with Gasteiger partial charge in [-0.05, 0) is 30.7 Å². The number of rotatable bonds is 4. The number of halogens is 1. The summed E-state index contributed by atoms with van der Waals surface area (Å²) in [6, 6.07) is 14.6. The second-order valence-electron chi connectivity index (χ2n) is 6.23. The average molecular weight is 350 g/mol. The molecule has 1 aromatic heterocycles. The molecule has 132 valence electrons. The number of nitrogens with zero attached hydrogens (tertiary/aromatic N) is 2. The van der Waals surface area contributed by atoms with Crippen LogP contribution in [0.5, 0.6) is 0 Å². The van der Waals surface area contributed by atoms with Gasteiger partial charge in [-0.3, -0.25) is 14.4 Å². The summed E-state index contributed by atoms with van der Waals surface area (Å²) in [6.07, 6.45) is 0.847. The van der Waals surface area contributed by atoms with Crippen LogP contribution in [0.25, 0.3) is 10.9 Å². The van der Waals surface area contributed by atoms with Crippen LogP contribution in [0.2, 0.25) is 0 Å². The van der Waals surface area contributed by atoms with Crippen LogP contribution >= 0.6 is 0 Å². The van der Waals surface area contributed by atoms with Crippen molar-refractivity contribution < 1.29 is 13.9 Å². The Labute approximate surface area is 150 Å². The van der Waals surface area contributed by atoms with E-state index in [9.17, 15) is 9.18 Å². The molecular formula is C21H19FN2O2. The van der Waals surface area contributed by atoms with Gasteiger partial charge in [0.25, 0.3) is 0 Å². The smallest absolute Gasteiger partial charge is 0.310 e. The van der Waals surface area contributed by atoms with Crippen molar-refractivity contribution in [1.29, 1.82) is 0 Å². The van der Waals surface area contributed by atoms with Gasteiger partial charge in [-0.1, -0.05) is 30.3 Å². The molecule has 1 aliphatic rings. The zero-order valence-corrected chi connectivity index (χ0v) is 14.5. The first kappa shape index (κ1) is 16.5. The maximum atomic E-state index is 13.9. The molecule has 0 saturated carbocycles. The molecule has 5 heteroatoms. The number of ether oxygens (including phenoxy) is 1. The standard InChI is InChI=1S/C21H19FN2O2/c1-2-26-20(25)13-17-16-12-15(22)8-9-18(16)24-19(17)10-11-23-21(24)14-6-4-3-5-7-14/h3-9,12H,2,10-11,13H2,1H3. The molecular weight excluding hydrogens is 331 g/mol. The molecule has 0 saturated heterocycles. The lowest BCUT2D eigenvalue weighted by molar-refractivity contribution is -0.142. The monoisotopic (exact) mass is 350 g/mol. The molecule has 0 fully saturated rings. The number of aromatic nitrogens is 1. The number of aliphatic imine (C=N–C) groups is 1. The molecule has 26 heavy (non-hydrogen) atoms. The fourth-order valence-corrected chi connectivity index (χ4v) is 3.59. The van der Waals surface area contributed by atoms with Crippen molar-refractivity contribution in [2.45, 2.75) is 19.8 Å². The lowest BCUT2D eigenvalue weighted by Gasteiger charge is -2.19. The number of carbonyl (C=O) groups excluding carboxylic acids is 1. The largest absolute Gasteiger partial charge is 0.466 e. The Bertz CT molecular complexity index is 1010. The molecule has 2 aromatic carbocycles. The molecule has 1 aliphatic heterocycles. The third-order valence-electron chi connectivity index (χ3n) is 4.62. The number of benzene rings is 2. The second-order valence-corrected chi connectivity index (χ2v) is 6.23. The van der Waals surface area contributed by atoms with E-state index < -0.39 is 0 Å². The van der Waals surface area contributed by atoms with Crippen LogP contribution in [0.3, 0.4) is 0 Å². The third-order valence-corrected chi connectivity index (χ3v) is 4.62. The van der Waals surface area contributed by atoms with Crippen molar-refractivity contribution in [1.82, 2.24) is 4.57 Å². The molecule has 0 unspecified atom stereocenters. The van der Waals surface area contributed by atoms with Crippen LogP contribution in [0.4, 0.5) is 4.39 Å². The van der Waals surface area contributed by atoms with Gasteiger partial charge in [-0.15, -0.1) is 0 Å². The molecule has 0 aliphatic carbocycles. The molecule has 4 nitrogen and oxygen atoms in total. The molecule has 3 aromatic rings. The van der Waals surface area contributed by atoms with Crippen molar-refractivity contribution in [2.24, 2.45) is 4.99 Å². The SMILES string of the molecule is CCOC(=O)Cc1c2n(c3ccc(F)cc13)C(c1ccccc1)=NCC2. The second kappa shape index (κ2) is 6.75. The Hall–Kier alpha value is -2.95. The lowest BCUT2D eigenvalue weighted by atomic mass is 10.1. The van der Waals surface area contributed by atoms with Crippen LogP contribution in [0.15, 0.2) is 53.5 Å². The first-order valence-corrected chi connectivity index (χ1v) is 8.76. The van der Waals surface area contributed by atoms with Crippen molar-refractivity contribution in [3.63, 3.8) is 0 Å². The minimum absolute atomic E-state index is 0.137. The fourth-order valence-electron chi connectivity index (χ4n) is 3.59. The van der Waals surface area contributed by atoms with E-state index in [2.05, 4.69) is 4.57 Å². The first-order chi connectivity index (χ1) is 12.7. The first-order valence-electron chi connectivity index (χ1n) is 8.76. The maximum absolute atomic E-state index is 13.9. The average Bonchev–Trinajstić information content (AvgIpc) is 2.96. The summed E-state index contributed by atoms with van der Waals surface area (Å²) in [6.45, 7) is 2.75. The van der Waals surface area contributed by atoms with Crippen molar-refractivity contribution >= 4 is 22.7 Å². The van der Waals surface area contributed by atoms with Crippen LogP contribution in [-0.4, -0.2) is 29.5 Å². The Morgan fingerprint density at radius 2 is 2.04 bits per heavy atom. The van der Waals surface area contributed by atoms with Gasteiger partial charge >= 0.3 is 5.97 Å². The van der Waals surface area contributed by atoms with E-state index in [1.807, 2.05) is 30.3 Å². The summed E-state index contributed by atoms with van der Waals surface area (Å²) in [7, 11) is 0. The van der Waals surface area contributed by atoms with Gasteiger partial charge in [0.05, 0.1) is 18.5 Å². The van der Waals surface area contributed by atoms with Gasteiger partial charge in [-0.2, -0.15) is 0 Å². The minimum Gasteiger partial charge on any atom is -0.466 e. The molecule has 0 spiro atoms. The Morgan fingerprint density at radius 3 is 2.81 bits per heavy atom. The minimum atomic E-state index is -0.316. The highest BCUT2D eigenvalue weighted by molar-refractivity contribution is 6.08. The van der Waals surface area contributed by atoms with Gasteiger partial charge in [0.15, 0.2) is 0 Å². The topological polar surface area (TPSA) is 43.6 Å². The quantitative estimate of drug-likeness (QED) is 0.673. The summed E-state index contributed by atoms with van der Waals surface area (Å²) in [5.41, 5.74) is 3.70. The fraction of sp³-hybridized carbons (Fsp3) is 0.238. The van der Waals surface area contributed by atoms with E-state index in [-0.39, 0.29) is 18.2 Å². The highest BCUT2D eigenvalue weighted by atomic mass is 19.1. The van der Waals surface area contributed by atoms with Crippen LogP contribution in [-0.2, 0) is 22.4 Å². The summed E-state index contributed by atoms with van der Waals surface area (Å²) in [5.74, 6) is 0.221. The van der Waals surface area contributed by atoms with Gasteiger partial charge in [0.2, 0.25) is 0 Å². The molecule has 0 bridgehead atoms. The molecule has 0 radical (unpaired) electrons. The van der Waals surface area contributed by atoms with Gasteiger partial charge in [0.1, 0.15) is 11.7 Å². The number of hydrogen-bond acceptors (Lipinski definition) is 3. The van der Waals surface area contributed by atoms with E-state index in [0.717, 1.165) is 33.6 Å². The number of esters is 1. The van der Waals surface area contributed by atoms with Crippen LogP contribution in [0.1, 0.15) is 23.7 Å². The molecule has 0 amide bonds. The molecule has 4 rings (SSSR count). The van der Waals surface area contributed by atoms with Crippen LogP contribution in [0, 0.1) is 5.82 Å². The van der Waals surface area contributed by atoms with E-state index in [0.29, 0.717) is 19.6 Å². The van der Waals surface area contributed by atoms with Crippen LogP contribution < -0.4 is 0 Å². The Balaban J connectivity index is 1.93. The maximum Gasteiger partial charge on any atom is 0.310 e. The zero-order chi connectivity index (χ0) is 18.1. The normalized spacial score (nSPS) is 13.4. The summed E-state index contributed by atoms with van der Waals surface area (Å²) >= 11 is 0. The summed E-state index contributed by atoms with van der Waals surface area (Å²) < 4.78 is 21.1. The van der Waals surface area contributed by atoms with Gasteiger partial charge in [0, 0.05) is 29.6 Å². The number of hydrogen-bond donors (Lipinski definition) is 0. The highest BCUT2D eigenvalue weighted by Crippen LogP contribution is 2.31. The van der Waals surface area contributed by atoms with Crippen molar-refractivity contribution in [3.05, 3.63) is 71.2 Å². The highest BCUT2D eigenvalue weighted by Gasteiger charge is 2.25. The number of fused-ring (bicyclic) bond motifs is 3. The zero-order valence-electron chi connectivity index (χ0n) is 14.5. The van der Waals surface area contributed by atoms with Crippen molar-refractivity contribution in [2.75, 3.05) is 13.2 Å². The molecule has 0 N–H and O–H groups in total. The lowest BCUT2D eigenvalue weighted by Crippen LogP contribution is -2.23. The number of carbonyl (C=O) groups is 1. The third kappa shape index (κ3) is 2.79. The summed E-state index contributed by atoms with van der Waals surface area (Å²) in [5, 5.41) is 0.749. The van der Waals surface area contributed by atoms with E-state index in [1.54, 1.807) is 13.0 Å². The van der Waals surface area contributed by atoms with Gasteiger partial charge in [-0.25, -0.2) is 4.39 Å². The molecule has 2 heterocycles. The van der Waals surface area contributed by atoms with Crippen molar-refractivity contribution in [3.8, 4) is 0 Å². The van der Waals surface area contributed by atoms with E-state index in [1.165, 1.54) is 12.1 Å². The predicted molar refractivity (Wildman–Crippen MR) is 99.2 cm³/mol.